The van der Waals surface area contributed by atoms with Crippen molar-refractivity contribution in [3.8, 4) is 28.7 Å². The Morgan fingerprint density at radius 1 is 0.931 bits per heavy atom. The normalized spacial score (nSPS) is 10.8. The minimum atomic E-state index is 0.400. The highest BCUT2D eigenvalue weighted by Crippen LogP contribution is 2.41. The molecule has 0 aliphatic heterocycles. The van der Waals surface area contributed by atoms with Crippen LogP contribution in [0.4, 0.5) is 0 Å². The van der Waals surface area contributed by atoms with Crippen molar-refractivity contribution in [2.24, 2.45) is 0 Å². The lowest BCUT2D eigenvalue weighted by molar-refractivity contribution is 0.324. The largest absolute Gasteiger partial charge is 0.493 e. The number of hydrogen-bond donors (Lipinski definition) is 0. The number of thioether (sulfide) groups is 2. The fourth-order valence-electron chi connectivity index (χ4n) is 2.55. The molecule has 3 rings (SSSR count). The van der Waals surface area contributed by atoms with Crippen molar-refractivity contribution in [3.05, 3.63) is 41.4 Å². The Morgan fingerprint density at radius 3 is 2.28 bits per heavy atom. The van der Waals surface area contributed by atoms with Gasteiger partial charge in [0.1, 0.15) is 0 Å². The van der Waals surface area contributed by atoms with Gasteiger partial charge in [0.05, 0.1) is 26.4 Å². The summed E-state index contributed by atoms with van der Waals surface area (Å²) in [5.41, 5.74) is 0.702. The molecule has 0 aliphatic rings. The lowest BCUT2D eigenvalue weighted by Crippen LogP contribution is -1.95. The second kappa shape index (κ2) is 10.7. The summed E-state index contributed by atoms with van der Waals surface area (Å²) in [6, 6.07) is 11.4. The highest BCUT2D eigenvalue weighted by molar-refractivity contribution is 8.00. The Bertz CT molecular complexity index is 927. The average Bonchev–Trinajstić information content (AvgIpc) is 3.22. The van der Waals surface area contributed by atoms with Crippen LogP contribution in [0.15, 0.2) is 50.9 Å². The third-order valence-corrected chi connectivity index (χ3v) is 6.43. The number of rotatable bonds is 10. The van der Waals surface area contributed by atoms with Crippen LogP contribution in [0.1, 0.15) is 6.42 Å². The molecule has 3 aromatic rings. The van der Waals surface area contributed by atoms with E-state index < -0.39 is 0 Å². The molecule has 0 unspecified atom stereocenters. The van der Waals surface area contributed by atoms with Crippen molar-refractivity contribution in [3.63, 3.8) is 0 Å². The molecule has 0 radical (unpaired) electrons. The Morgan fingerprint density at radius 2 is 1.62 bits per heavy atom. The number of nitrogens with zero attached hydrogens (tertiary/aromatic N) is 2. The summed E-state index contributed by atoms with van der Waals surface area (Å²) in [7, 11) is 4.69. The van der Waals surface area contributed by atoms with E-state index in [1.165, 1.54) is 11.8 Å². The van der Waals surface area contributed by atoms with Crippen LogP contribution < -0.4 is 14.2 Å². The van der Waals surface area contributed by atoms with E-state index in [0.717, 1.165) is 27.8 Å². The van der Waals surface area contributed by atoms with Gasteiger partial charge in [-0.1, -0.05) is 35.5 Å². The number of halogens is 1. The second-order valence-electron chi connectivity index (χ2n) is 5.77. The fourth-order valence-corrected chi connectivity index (χ4v) is 4.62. The molecule has 6 nitrogen and oxygen atoms in total. The van der Waals surface area contributed by atoms with Gasteiger partial charge in [0.2, 0.25) is 11.6 Å². The van der Waals surface area contributed by atoms with Gasteiger partial charge in [-0.2, -0.15) is 0 Å². The molecule has 0 amide bonds. The molecular weight excluding hydrogens is 432 g/mol. The van der Waals surface area contributed by atoms with Crippen molar-refractivity contribution in [2.75, 3.05) is 32.8 Å². The van der Waals surface area contributed by atoms with E-state index in [2.05, 4.69) is 10.2 Å². The third-order valence-electron chi connectivity index (χ3n) is 3.93. The predicted molar refractivity (Wildman–Crippen MR) is 117 cm³/mol. The molecule has 1 aromatic heterocycles. The highest BCUT2D eigenvalue weighted by Gasteiger charge is 2.17. The van der Waals surface area contributed by atoms with E-state index in [0.29, 0.717) is 33.9 Å². The van der Waals surface area contributed by atoms with Gasteiger partial charge in [-0.05, 0) is 36.4 Å². The van der Waals surface area contributed by atoms with Gasteiger partial charge in [0.15, 0.2) is 11.5 Å². The Hall–Kier alpha value is -2.03. The molecule has 0 fully saturated rings. The molecule has 0 saturated carbocycles. The Kier molecular flexibility index (Phi) is 7.97. The summed E-state index contributed by atoms with van der Waals surface area (Å²) in [6.07, 6.45) is 0.989. The Balaban J connectivity index is 1.57. The van der Waals surface area contributed by atoms with Gasteiger partial charge in [-0.25, -0.2) is 0 Å². The maximum absolute atomic E-state index is 6.17. The van der Waals surface area contributed by atoms with E-state index in [1.807, 2.05) is 24.3 Å². The molecule has 2 aromatic carbocycles. The quantitative estimate of drug-likeness (QED) is 0.287. The number of aromatic nitrogens is 2. The average molecular weight is 453 g/mol. The summed E-state index contributed by atoms with van der Waals surface area (Å²) in [4.78, 5) is 1.10. The SMILES string of the molecule is COc1cc(-c2nnc(SCCCSc3ccccc3Cl)o2)cc(OC)c1OC. The number of hydrogen-bond acceptors (Lipinski definition) is 8. The molecular formula is C20H21ClN2O4S2. The van der Waals surface area contributed by atoms with Crippen LogP contribution in [0.3, 0.4) is 0 Å². The van der Waals surface area contributed by atoms with Crippen LogP contribution >= 0.6 is 35.1 Å². The fraction of sp³-hybridized carbons (Fsp3) is 0.300. The minimum absolute atomic E-state index is 0.400. The number of methoxy groups -OCH3 is 3. The van der Waals surface area contributed by atoms with Crippen molar-refractivity contribution >= 4 is 35.1 Å². The zero-order chi connectivity index (χ0) is 20.6. The molecule has 154 valence electrons. The van der Waals surface area contributed by atoms with Crippen LogP contribution in [0.5, 0.6) is 17.2 Å². The standard InChI is InChI=1S/C20H21ClN2O4S2/c1-24-15-11-13(12-16(25-2)18(15)26-3)19-22-23-20(27-19)29-10-6-9-28-17-8-5-4-7-14(17)21/h4-5,7-8,11-12H,6,9-10H2,1-3H3. The lowest BCUT2D eigenvalue weighted by atomic mass is 10.2. The summed E-state index contributed by atoms with van der Waals surface area (Å²) >= 11 is 9.44. The summed E-state index contributed by atoms with van der Waals surface area (Å²) in [5, 5.41) is 9.57. The summed E-state index contributed by atoms with van der Waals surface area (Å²) in [5.74, 6) is 3.82. The van der Waals surface area contributed by atoms with Crippen molar-refractivity contribution in [1.82, 2.24) is 10.2 Å². The van der Waals surface area contributed by atoms with Gasteiger partial charge in [0, 0.05) is 16.2 Å². The smallest absolute Gasteiger partial charge is 0.276 e. The first-order valence-corrected chi connectivity index (χ1v) is 11.1. The first-order valence-electron chi connectivity index (χ1n) is 8.80. The number of ether oxygens (including phenoxy) is 3. The zero-order valence-corrected chi connectivity index (χ0v) is 18.7. The topological polar surface area (TPSA) is 66.6 Å². The summed E-state index contributed by atoms with van der Waals surface area (Å²) in [6.45, 7) is 0. The first kappa shape index (κ1) is 21.7. The van der Waals surface area contributed by atoms with Gasteiger partial charge in [0.25, 0.3) is 5.22 Å². The van der Waals surface area contributed by atoms with E-state index in [4.69, 9.17) is 30.2 Å². The predicted octanol–water partition coefficient (Wildman–Crippen LogP) is 5.69. The first-order chi connectivity index (χ1) is 14.2. The second-order valence-corrected chi connectivity index (χ2v) is 8.36. The molecule has 9 heteroatoms. The lowest BCUT2D eigenvalue weighted by Gasteiger charge is -2.12. The van der Waals surface area contributed by atoms with Crippen LogP contribution in [0.2, 0.25) is 5.02 Å². The maximum Gasteiger partial charge on any atom is 0.276 e. The van der Waals surface area contributed by atoms with Gasteiger partial charge in [-0.15, -0.1) is 22.0 Å². The molecule has 0 spiro atoms. The molecule has 1 heterocycles. The molecule has 0 aliphatic carbocycles. The number of benzene rings is 2. The van der Waals surface area contributed by atoms with Crippen LogP contribution in [0, 0.1) is 0 Å². The van der Waals surface area contributed by atoms with Crippen LogP contribution in [-0.4, -0.2) is 43.0 Å². The monoisotopic (exact) mass is 452 g/mol. The zero-order valence-electron chi connectivity index (χ0n) is 16.3. The van der Waals surface area contributed by atoms with Crippen LogP contribution in [0.25, 0.3) is 11.5 Å². The van der Waals surface area contributed by atoms with E-state index >= 15 is 0 Å². The highest BCUT2D eigenvalue weighted by atomic mass is 35.5. The van der Waals surface area contributed by atoms with E-state index in [9.17, 15) is 0 Å². The van der Waals surface area contributed by atoms with E-state index in [-0.39, 0.29) is 0 Å². The molecule has 0 N–H and O–H groups in total. The molecule has 0 atom stereocenters. The van der Waals surface area contributed by atoms with Gasteiger partial charge < -0.3 is 18.6 Å². The Labute approximate surface area is 183 Å². The van der Waals surface area contributed by atoms with Crippen molar-refractivity contribution in [1.29, 1.82) is 0 Å². The maximum atomic E-state index is 6.17. The minimum Gasteiger partial charge on any atom is -0.493 e. The van der Waals surface area contributed by atoms with Gasteiger partial charge in [-0.3, -0.25) is 0 Å². The van der Waals surface area contributed by atoms with Crippen LogP contribution in [-0.2, 0) is 0 Å². The summed E-state index contributed by atoms with van der Waals surface area (Å²) < 4.78 is 21.9. The molecule has 0 bridgehead atoms. The van der Waals surface area contributed by atoms with Gasteiger partial charge >= 0.3 is 0 Å². The molecule has 0 saturated heterocycles. The third kappa shape index (κ3) is 5.52. The van der Waals surface area contributed by atoms with E-state index in [1.54, 1.807) is 45.2 Å². The molecule has 29 heavy (non-hydrogen) atoms. The van der Waals surface area contributed by atoms with Crippen molar-refractivity contribution < 1.29 is 18.6 Å². The van der Waals surface area contributed by atoms with Crippen molar-refractivity contribution in [2.45, 2.75) is 16.5 Å².